The summed E-state index contributed by atoms with van der Waals surface area (Å²) >= 11 is 1.55. The molecule has 1 heterocycles. The van der Waals surface area contributed by atoms with Crippen LogP contribution in [0.2, 0.25) is 0 Å². The summed E-state index contributed by atoms with van der Waals surface area (Å²) in [5, 5.41) is 2.85. The Kier molecular flexibility index (Phi) is 6.00. The van der Waals surface area contributed by atoms with Gasteiger partial charge in [-0.2, -0.15) is 0 Å². The number of thioether (sulfide) groups is 1. The normalized spacial score (nSPS) is 15.2. The number of carbonyl (C=O) groups excluding carboxylic acids is 3. The number of carbonyl (C=O) groups is 3. The third kappa shape index (κ3) is 4.70. The number of nitrogens with one attached hydrogen (secondary N) is 2. The van der Waals surface area contributed by atoms with Gasteiger partial charge in [0.2, 0.25) is 0 Å². The van der Waals surface area contributed by atoms with Gasteiger partial charge in [-0.1, -0.05) is 12.1 Å². The van der Waals surface area contributed by atoms with Crippen molar-refractivity contribution in [3.05, 3.63) is 24.3 Å². The molecule has 8 heteroatoms. The summed E-state index contributed by atoms with van der Waals surface area (Å²) in [6.45, 7) is 0.706. The summed E-state index contributed by atoms with van der Waals surface area (Å²) in [4.78, 5) is 38.2. The highest BCUT2D eigenvalue weighted by molar-refractivity contribution is 7.98. The Hall–Kier alpha value is -2.06. The SMILES string of the molecule is CSc1ccccc1NC(=O)C[NH+](C)CC(=O)N1CCOC1=O. The standard InChI is InChI=1S/C15H19N3O4S/c1-17(10-14(20)18-7-8-22-15(18)21)9-13(19)16-11-5-3-4-6-12(11)23-2/h3-6H,7-10H2,1-2H3,(H,16,19)/p+1. The molecule has 1 unspecified atom stereocenters. The Morgan fingerprint density at radius 2 is 2.09 bits per heavy atom. The van der Waals surface area contributed by atoms with Crippen LogP contribution in [0.1, 0.15) is 0 Å². The van der Waals surface area contributed by atoms with Crippen molar-refractivity contribution in [2.45, 2.75) is 4.90 Å². The van der Waals surface area contributed by atoms with E-state index in [9.17, 15) is 14.4 Å². The molecule has 0 aromatic heterocycles. The molecule has 0 aliphatic carbocycles. The third-order valence-corrected chi connectivity index (χ3v) is 4.15. The number of amides is 3. The van der Waals surface area contributed by atoms with Gasteiger partial charge in [0.15, 0.2) is 13.1 Å². The highest BCUT2D eigenvalue weighted by atomic mass is 32.2. The monoisotopic (exact) mass is 338 g/mol. The van der Waals surface area contributed by atoms with Gasteiger partial charge in [0.1, 0.15) is 6.61 Å². The zero-order valence-electron chi connectivity index (χ0n) is 13.1. The first-order valence-electron chi connectivity index (χ1n) is 7.22. The predicted molar refractivity (Wildman–Crippen MR) is 86.5 cm³/mol. The van der Waals surface area contributed by atoms with E-state index in [1.165, 1.54) is 0 Å². The van der Waals surface area contributed by atoms with E-state index in [4.69, 9.17) is 4.74 Å². The molecule has 0 bridgehead atoms. The van der Waals surface area contributed by atoms with Gasteiger partial charge in [-0.05, 0) is 18.4 Å². The van der Waals surface area contributed by atoms with Crippen molar-refractivity contribution in [3.63, 3.8) is 0 Å². The molecule has 1 aliphatic heterocycles. The van der Waals surface area contributed by atoms with Crippen LogP contribution in [0.25, 0.3) is 0 Å². The Morgan fingerprint density at radius 1 is 1.35 bits per heavy atom. The number of para-hydroxylation sites is 1. The molecule has 1 aromatic rings. The van der Waals surface area contributed by atoms with Crippen molar-refractivity contribution in [3.8, 4) is 0 Å². The van der Waals surface area contributed by atoms with Crippen molar-refractivity contribution in [1.82, 2.24) is 4.90 Å². The molecule has 2 N–H and O–H groups in total. The molecule has 7 nitrogen and oxygen atoms in total. The van der Waals surface area contributed by atoms with E-state index in [0.717, 1.165) is 15.5 Å². The lowest BCUT2D eigenvalue weighted by molar-refractivity contribution is -0.862. The Bertz CT molecular complexity index is 608. The van der Waals surface area contributed by atoms with E-state index in [-0.39, 0.29) is 38.1 Å². The van der Waals surface area contributed by atoms with Crippen LogP contribution in [0.3, 0.4) is 0 Å². The number of benzene rings is 1. The van der Waals surface area contributed by atoms with Crippen LogP contribution in [0, 0.1) is 0 Å². The van der Waals surface area contributed by atoms with Crippen molar-refractivity contribution in [2.75, 3.05) is 44.9 Å². The van der Waals surface area contributed by atoms with Crippen molar-refractivity contribution >= 4 is 35.4 Å². The lowest BCUT2D eigenvalue weighted by atomic mass is 10.3. The van der Waals surface area contributed by atoms with E-state index in [1.54, 1.807) is 18.8 Å². The van der Waals surface area contributed by atoms with Crippen LogP contribution in [-0.4, -0.2) is 62.4 Å². The summed E-state index contributed by atoms with van der Waals surface area (Å²) < 4.78 is 4.73. The minimum absolute atomic E-state index is 0.0622. The second kappa shape index (κ2) is 7.98. The fraction of sp³-hybridized carbons (Fsp3) is 0.400. The number of cyclic esters (lactones) is 1. The first-order valence-corrected chi connectivity index (χ1v) is 8.45. The maximum absolute atomic E-state index is 12.1. The maximum atomic E-state index is 12.1. The molecule has 1 atom stereocenters. The highest BCUT2D eigenvalue weighted by Gasteiger charge is 2.30. The van der Waals surface area contributed by atoms with Gasteiger partial charge >= 0.3 is 6.09 Å². The fourth-order valence-electron chi connectivity index (χ4n) is 2.25. The van der Waals surface area contributed by atoms with Gasteiger partial charge in [-0.25, -0.2) is 9.69 Å². The van der Waals surface area contributed by atoms with E-state index in [0.29, 0.717) is 4.90 Å². The number of rotatable bonds is 6. The minimum atomic E-state index is -0.610. The van der Waals surface area contributed by atoms with Crippen molar-refractivity contribution < 1.29 is 24.0 Å². The molecule has 1 aliphatic rings. The minimum Gasteiger partial charge on any atom is -0.447 e. The second-order valence-corrected chi connectivity index (χ2v) is 6.07. The number of quaternary nitrogens is 1. The molecular weight excluding hydrogens is 318 g/mol. The summed E-state index contributed by atoms with van der Waals surface area (Å²) in [5.74, 6) is -0.511. The molecule has 0 saturated carbocycles. The van der Waals surface area contributed by atoms with Gasteiger partial charge in [-0.15, -0.1) is 11.8 Å². The molecule has 3 amide bonds. The van der Waals surface area contributed by atoms with Gasteiger partial charge in [0.05, 0.1) is 19.3 Å². The number of hydrogen-bond donors (Lipinski definition) is 2. The number of anilines is 1. The van der Waals surface area contributed by atoms with Gasteiger partial charge < -0.3 is 15.0 Å². The number of hydrogen-bond acceptors (Lipinski definition) is 5. The predicted octanol–water partition coefficient (Wildman–Crippen LogP) is -0.159. The molecule has 2 rings (SSSR count). The Morgan fingerprint density at radius 3 is 2.74 bits per heavy atom. The van der Waals surface area contributed by atoms with Crippen molar-refractivity contribution in [2.24, 2.45) is 0 Å². The first-order chi connectivity index (χ1) is 11.0. The summed E-state index contributed by atoms with van der Waals surface area (Å²) in [6.07, 6.45) is 1.33. The quantitative estimate of drug-likeness (QED) is 0.705. The van der Waals surface area contributed by atoms with Crippen LogP contribution >= 0.6 is 11.8 Å². The number of imide groups is 1. The second-order valence-electron chi connectivity index (χ2n) is 5.22. The summed E-state index contributed by atoms with van der Waals surface area (Å²) in [7, 11) is 1.74. The van der Waals surface area contributed by atoms with Crippen molar-refractivity contribution in [1.29, 1.82) is 0 Å². The topological polar surface area (TPSA) is 80.2 Å². The molecule has 0 spiro atoms. The molecular formula is C15H20N3O4S+. The van der Waals surface area contributed by atoms with E-state index in [2.05, 4.69) is 5.32 Å². The molecule has 124 valence electrons. The van der Waals surface area contributed by atoms with Gasteiger partial charge in [-0.3, -0.25) is 9.59 Å². The molecule has 0 radical (unpaired) electrons. The molecule has 23 heavy (non-hydrogen) atoms. The Labute approximate surface area is 139 Å². The number of ether oxygens (including phenoxy) is 1. The lowest BCUT2D eigenvalue weighted by Gasteiger charge is -2.16. The molecule has 1 saturated heterocycles. The highest BCUT2D eigenvalue weighted by Crippen LogP contribution is 2.24. The van der Waals surface area contributed by atoms with Crippen LogP contribution in [0.15, 0.2) is 29.2 Å². The summed E-state index contributed by atoms with van der Waals surface area (Å²) in [6, 6.07) is 7.53. The number of likely N-dealkylation sites (N-methyl/N-ethyl adjacent to an activating group) is 1. The van der Waals surface area contributed by atoms with Gasteiger partial charge in [0.25, 0.3) is 11.8 Å². The van der Waals surface area contributed by atoms with E-state index >= 15 is 0 Å². The van der Waals surface area contributed by atoms with Crippen LogP contribution in [-0.2, 0) is 14.3 Å². The fourth-order valence-corrected chi connectivity index (χ4v) is 2.81. The Balaban J connectivity index is 1.85. The zero-order valence-corrected chi connectivity index (χ0v) is 13.9. The maximum Gasteiger partial charge on any atom is 0.416 e. The summed E-state index contributed by atoms with van der Waals surface area (Å²) in [5.41, 5.74) is 0.757. The first kappa shape index (κ1) is 17.3. The van der Waals surface area contributed by atoms with Crippen LogP contribution in [0.5, 0.6) is 0 Å². The van der Waals surface area contributed by atoms with E-state index in [1.807, 2.05) is 30.5 Å². The average molecular weight is 338 g/mol. The zero-order chi connectivity index (χ0) is 16.8. The smallest absolute Gasteiger partial charge is 0.416 e. The number of nitrogens with zero attached hydrogens (tertiary/aromatic N) is 1. The van der Waals surface area contributed by atoms with Crippen LogP contribution in [0.4, 0.5) is 10.5 Å². The van der Waals surface area contributed by atoms with Gasteiger partial charge in [0, 0.05) is 4.90 Å². The lowest BCUT2D eigenvalue weighted by Crippen LogP contribution is -3.11. The van der Waals surface area contributed by atoms with Crippen LogP contribution < -0.4 is 10.2 Å². The molecule has 1 aromatic carbocycles. The molecule has 1 fully saturated rings. The largest absolute Gasteiger partial charge is 0.447 e. The third-order valence-electron chi connectivity index (χ3n) is 3.36. The van der Waals surface area contributed by atoms with E-state index < -0.39 is 6.09 Å². The average Bonchev–Trinajstić information content (AvgIpc) is 2.93.